The van der Waals surface area contributed by atoms with Crippen molar-refractivity contribution in [3.05, 3.63) is 33.8 Å². The van der Waals surface area contributed by atoms with Crippen LogP contribution in [-0.2, 0) is 0 Å². The van der Waals surface area contributed by atoms with E-state index in [0.717, 1.165) is 35.7 Å². The highest BCUT2D eigenvalue weighted by Gasteiger charge is 2.32. The maximum absolute atomic E-state index is 12.4. The van der Waals surface area contributed by atoms with Gasteiger partial charge < -0.3 is 5.32 Å². The zero-order chi connectivity index (χ0) is 13.9. The van der Waals surface area contributed by atoms with Gasteiger partial charge in [0.15, 0.2) is 0 Å². The first-order valence-electron chi connectivity index (χ1n) is 6.71. The number of hydrogen-bond acceptors (Lipinski definition) is 1. The molecule has 1 amide bonds. The lowest BCUT2D eigenvalue weighted by Crippen LogP contribution is -2.51. The maximum Gasteiger partial charge on any atom is 0.251 e. The Balaban J connectivity index is 2.12. The third-order valence-corrected chi connectivity index (χ3v) is 5.27. The van der Waals surface area contributed by atoms with Crippen molar-refractivity contribution in [3.8, 4) is 0 Å². The largest absolute Gasteiger partial charge is 0.345 e. The average molecular weight is 345 g/mol. The molecule has 0 aromatic heterocycles. The number of carbonyl (C=O) groups excluding carboxylic acids is 1. The molecule has 1 N–H and O–H groups in total. The molecule has 0 saturated heterocycles. The van der Waals surface area contributed by atoms with Crippen LogP contribution in [0, 0.1) is 6.92 Å². The molecule has 104 valence electrons. The van der Waals surface area contributed by atoms with Crippen LogP contribution < -0.4 is 5.32 Å². The number of aryl methyl sites for hydroxylation is 1. The van der Waals surface area contributed by atoms with Gasteiger partial charge in [-0.2, -0.15) is 0 Å². The number of halogens is 2. The van der Waals surface area contributed by atoms with Crippen molar-refractivity contribution in [2.45, 2.75) is 44.6 Å². The van der Waals surface area contributed by atoms with Crippen LogP contribution in [0.15, 0.2) is 22.7 Å². The minimum atomic E-state index is -0.210. The van der Waals surface area contributed by atoms with Gasteiger partial charge in [-0.3, -0.25) is 4.79 Å². The molecule has 0 heterocycles. The van der Waals surface area contributed by atoms with Crippen LogP contribution in [0.1, 0.15) is 48.0 Å². The summed E-state index contributed by atoms with van der Waals surface area (Å²) in [6.07, 6.45) is 5.50. The van der Waals surface area contributed by atoms with Gasteiger partial charge in [0, 0.05) is 15.9 Å². The van der Waals surface area contributed by atoms with Crippen molar-refractivity contribution < 1.29 is 4.79 Å². The third kappa shape index (κ3) is 3.51. The molecule has 1 aliphatic rings. The average Bonchev–Trinajstić information content (AvgIpc) is 2.43. The number of carbonyl (C=O) groups is 1. The minimum absolute atomic E-state index is 0.0156. The Hall–Kier alpha value is -0.540. The molecule has 1 saturated carbocycles. The van der Waals surface area contributed by atoms with Gasteiger partial charge >= 0.3 is 0 Å². The predicted octanol–water partition coefficient (Wildman–Crippen LogP) is 4.43. The van der Waals surface area contributed by atoms with Gasteiger partial charge in [-0.1, -0.05) is 35.2 Å². The zero-order valence-electron chi connectivity index (χ0n) is 11.1. The highest BCUT2D eigenvalue weighted by Crippen LogP contribution is 2.29. The van der Waals surface area contributed by atoms with E-state index in [0.29, 0.717) is 11.4 Å². The van der Waals surface area contributed by atoms with Gasteiger partial charge in [-0.15, -0.1) is 11.6 Å². The van der Waals surface area contributed by atoms with Gasteiger partial charge in [-0.25, -0.2) is 0 Å². The molecular formula is C15H19BrClNO. The van der Waals surface area contributed by atoms with Gasteiger partial charge in [0.2, 0.25) is 0 Å². The molecule has 0 radical (unpaired) electrons. The Morgan fingerprint density at radius 2 is 2.05 bits per heavy atom. The van der Waals surface area contributed by atoms with Crippen LogP contribution in [0.3, 0.4) is 0 Å². The second-order valence-electron chi connectivity index (χ2n) is 5.39. The summed E-state index contributed by atoms with van der Waals surface area (Å²) < 4.78 is 1.02. The van der Waals surface area contributed by atoms with Crippen LogP contribution in [0.25, 0.3) is 0 Å². The fourth-order valence-electron chi connectivity index (χ4n) is 2.62. The van der Waals surface area contributed by atoms with Crippen molar-refractivity contribution in [2.24, 2.45) is 0 Å². The predicted molar refractivity (Wildman–Crippen MR) is 82.9 cm³/mol. The summed E-state index contributed by atoms with van der Waals surface area (Å²) in [4.78, 5) is 12.4. The molecule has 2 rings (SSSR count). The van der Waals surface area contributed by atoms with Crippen LogP contribution in [0.5, 0.6) is 0 Å². The van der Waals surface area contributed by atoms with Crippen LogP contribution in [0.4, 0.5) is 0 Å². The van der Waals surface area contributed by atoms with Crippen LogP contribution in [-0.4, -0.2) is 17.3 Å². The van der Waals surface area contributed by atoms with E-state index in [1.54, 1.807) is 0 Å². The molecule has 2 nitrogen and oxygen atoms in total. The summed E-state index contributed by atoms with van der Waals surface area (Å²) in [5, 5.41) is 3.16. The fourth-order valence-corrected chi connectivity index (χ4v) is 3.20. The second-order valence-corrected chi connectivity index (χ2v) is 6.51. The molecule has 1 aromatic carbocycles. The van der Waals surface area contributed by atoms with E-state index in [1.165, 1.54) is 6.42 Å². The number of amides is 1. The summed E-state index contributed by atoms with van der Waals surface area (Å²) in [5.41, 5.74) is 1.56. The first-order chi connectivity index (χ1) is 9.06. The highest BCUT2D eigenvalue weighted by molar-refractivity contribution is 9.10. The lowest BCUT2D eigenvalue weighted by molar-refractivity contribution is 0.0884. The molecular weight excluding hydrogens is 326 g/mol. The molecule has 0 spiro atoms. The quantitative estimate of drug-likeness (QED) is 0.808. The number of rotatable bonds is 3. The van der Waals surface area contributed by atoms with E-state index in [2.05, 4.69) is 21.2 Å². The van der Waals surface area contributed by atoms with E-state index in [4.69, 9.17) is 11.6 Å². The Morgan fingerprint density at radius 3 is 2.63 bits per heavy atom. The molecule has 1 fully saturated rings. The van der Waals surface area contributed by atoms with Gasteiger partial charge in [0.05, 0.1) is 5.54 Å². The Bertz CT molecular complexity index is 469. The zero-order valence-corrected chi connectivity index (χ0v) is 13.5. The summed E-state index contributed by atoms with van der Waals surface area (Å²) in [7, 11) is 0. The summed E-state index contributed by atoms with van der Waals surface area (Å²) >= 11 is 9.55. The van der Waals surface area contributed by atoms with Crippen LogP contribution >= 0.6 is 27.5 Å². The molecule has 0 aliphatic heterocycles. The molecule has 0 unspecified atom stereocenters. The second kappa shape index (κ2) is 6.27. The lowest BCUT2D eigenvalue weighted by atomic mass is 9.83. The van der Waals surface area contributed by atoms with Crippen molar-refractivity contribution in [2.75, 3.05) is 5.88 Å². The van der Waals surface area contributed by atoms with Gasteiger partial charge in [-0.05, 0) is 43.5 Å². The lowest BCUT2D eigenvalue weighted by Gasteiger charge is -2.36. The SMILES string of the molecule is Cc1cc(C(=O)NC2(CCl)CCCCC2)ccc1Br. The molecule has 0 bridgehead atoms. The van der Waals surface area contributed by atoms with E-state index < -0.39 is 0 Å². The van der Waals surface area contributed by atoms with E-state index >= 15 is 0 Å². The minimum Gasteiger partial charge on any atom is -0.345 e. The Morgan fingerprint density at radius 1 is 1.37 bits per heavy atom. The monoisotopic (exact) mass is 343 g/mol. The molecule has 0 atom stereocenters. The van der Waals surface area contributed by atoms with E-state index in [1.807, 2.05) is 25.1 Å². The first-order valence-corrected chi connectivity index (χ1v) is 8.04. The van der Waals surface area contributed by atoms with Crippen molar-refractivity contribution in [1.82, 2.24) is 5.32 Å². The molecule has 1 aliphatic carbocycles. The highest BCUT2D eigenvalue weighted by atomic mass is 79.9. The van der Waals surface area contributed by atoms with E-state index in [-0.39, 0.29) is 11.4 Å². The van der Waals surface area contributed by atoms with Crippen molar-refractivity contribution in [1.29, 1.82) is 0 Å². The fraction of sp³-hybridized carbons (Fsp3) is 0.533. The summed E-state index contributed by atoms with van der Waals surface area (Å²) in [5.74, 6) is 0.479. The topological polar surface area (TPSA) is 29.1 Å². The number of alkyl halides is 1. The number of benzene rings is 1. The summed E-state index contributed by atoms with van der Waals surface area (Å²) in [6.45, 7) is 1.98. The van der Waals surface area contributed by atoms with Gasteiger partial charge in [0.1, 0.15) is 0 Å². The maximum atomic E-state index is 12.4. The van der Waals surface area contributed by atoms with E-state index in [9.17, 15) is 4.79 Å². The normalized spacial score (nSPS) is 18.1. The number of hydrogen-bond donors (Lipinski definition) is 1. The Kier molecular flexibility index (Phi) is 4.91. The smallest absolute Gasteiger partial charge is 0.251 e. The molecule has 4 heteroatoms. The first kappa shape index (κ1) is 14.9. The Labute approximate surface area is 128 Å². The van der Waals surface area contributed by atoms with Crippen molar-refractivity contribution >= 4 is 33.4 Å². The van der Waals surface area contributed by atoms with Gasteiger partial charge in [0.25, 0.3) is 5.91 Å². The standard InChI is InChI=1S/C15H19BrClNO/c1-11-9-12(5-6-13(11)16)14(19)18-15(10-17)7-3-2-4-8-15/h5-6,9H,2-4,7-8,10H2,1H3,(H,18,19). The summed E-state index contributed by atoms with van der Waals surface area (Å²) in [6, 6.07) is 5.67. The van der Waals surface area contributed by atoms with Crippen LogP contribution in [0.2, 0.25) is 0 Å². The number of nitrogens with one attached hydrogen (secondary N) is 1. The third-order valence-electron chi connectivity index (χ3n) is 3.87. The molecule has 19 heavy (non-hydrogen) atoms. The van der Waals surface area contributed by atoms with Crippen molar-refractivity contribution in [3.63, 3.8) is 0 Å². The molecule has 1 aromatic rings.